The number of amides is 2. The number of piperidine rings is 1. The summed E-state index contributed by atoms with van der Waals surface area (Å²) in [6, 6.07) is 1.83. The van der Waals surface area contributed by atoms with Crippen LogP contribution in [-0.4, -0.2) is 82.6 Å². The normalized spacial score (nSPS) is 22.8. The van der Waals surface area contributed by atoms with Crippen LogP contribution >= 0.6 is 0 Å². The van der Waals surface area contributed by atoms with Gasteiger partial charge < -0.3 is 14.7 Å². The Labute approximate surface area is 149 Å². The predicted molar refractivity (Wildman–Crippen MR) is 95.3 cm³/mol. The number of likely N-dealkylation sites (tertiary alicyclic amines) is 1. The van der Waals surface area contributed by atoms with E-state index in [1.54, 1.807) is 4.68 Å². The van der Waals surface area contributed by atoms with Gasteiger partial charge in [0.05, 0.1) is 5.92 Å². The van der Waals surface area contributed by atoms with E-state index in [1.807, 2.05) is 29.8 Å². The standard InChI is InChI=1S/C18H29N5O2/c1-14-12-16(19-21(14)3)18(25)23-9-5-8-22(10-11-23)17(24)15-6-4-7-20(2)13-15/h12,15H,4-11,13H2,1-3H3. The third-order valence-electron chi connectivity index (χ3n) is 5.40. The van der Waals surface area contributed by atoms with E-state index in [0.717, 1.165) is 44.6 Å². The molecule has 7 heteroatoms. The van der Waals surface area contributed by atoms with Crippen LogP contribution in [0.15, 0.2) is 6.07 Å². The summed E-state index contributed by atoms with van der Waals surface area (Å²) in [4.78, 5) is 31.5. The molecule has 3 rings (SSSR count). The molecular formula is C18H29N5O2. The van der Waals surface area contributed by atoms with Crippen molar-refractivity contribution in [2.75, 3.05) is 46.3 Å². The first-order valence-electron chi connectivity index (χ1n) is 9.23. The Balaban J connectivity index is 1.60. The summed E-state index contributed by atoms with van der Waals surface area (Å²) in [5, 5.41) is 4.29. The minimum Gasteiger partial charge on any atom is -0.341 e. The highest BCUT2D eigenvalue weighted by atomic mass is 16.2. The zero-order valence-electron chi connectivity index (χ0n) is 15.6. The van der Waals surface area contributed by atoms with Gasteiger partial charge in [-0.25, -0.2) is 0 Å². The zero-order valence-corrected chi connectivity index (χ0v) is 15.6. The van der Waals surface area contributed by atoms with E-state index in [1.165, 1.54) is 0 Å². The number of aromatic nitrogens is 2. The number of aryl methyl sites for hydroxylation is 2. The fourth-order valence-electron chi connectivity index (χ4n) is 3.79. The van der Waals surface area contributed by atoms with Gasteiger partial charge in [-0.15, -0.1) is 0 Å². The molecule has 0 N–H and O–H groups in total. The summed E-state index contributed by atoms with van der Waals surface area (Å²) in [7, 11) is 3.92. The third kappa shape index (κ3) is 4.03. The van der Waals surface area contributed by atoms with Crippen molar-refractivity contribution >= 4 is 11.8 Å². The van der Waals surface area contributed by atoms with Gasteiger partial charge in [0.2, 0.25) is 5.91 Å². The second-order valence-corrected chi connectivity index (χ2v) is 7.37. The van der Waals surface area contributed by atoms with E-state index < -0.39 is 0 Å². The minimum atomic E-state index is -0.0320. The first-order chi connectivity index (χ1) is 12.0. The van der Waals surface area contributed by atoms with Crippen molar-refractivity contribution in [2.45, 2.75) is 26.2 Å². The molecule has 2 aliphatic rings. The van der Waals surface area contributed by atoms with Crippen molar-refractivity contribution in [1.82, 2.24) is 24.5 Å². The van der Waals surface area contributed by atoms with Crippen LogP contribution in [0.4, 0.5) is 0 Å². The lowest BCUT2D eigenvalue weighted by Crippen LogP contribution is -2.45. The van der Waals surface area contributed by atoms with E-state index in [4.69, 9.17) is 0 Å². The van der Waals surface area contributed by atoms with E-state index in [9.17, 15) is 9.59 Å². The van der Waals surface area contributed by atoms with Crippen molar-refractivity contribution in [1.29, 1.82) is 0 Å². The molecule has 0 aromatic carbocycles. The molecule has 7 nitrogen and oxygen atoms in total. The molecule has 1 atom stereocenters. The number of carbonyl (C=O) groups excluding carboxylic acids is 2. The molecular weight excluding hydrogens is 318 g/mol. The molecule has 138 valence electrons. The van der Waals surface area contributed by atoms with Crippen molar-refractivity contribution in [2.24, 2.45) is 13.0 Å². The van der Waals surface area contributed by atoms with Crippen LogP contribution in [0, 0.1) is 12.8 Å². The van der Waals surface area contributed by atoms with Gasteiger partial charge in [0.1, 0.15) is 0 Å². The second kappa shape index (κ2) is 7.56. The van der Waals surface area contributed by atoms with Crippen LogP contribution in [0.25, 0.3) is 0 Å². The topological polar surface area (TPSA) is 61.7 Å². The molecule has 25 heavy (non-hydrogen) atoms. The first kappa shape index (κ1) is 17.9. The highest BCUT2D eigenvalue weighted by Crippen LogP contribution is 2.19. The molecule has 2 saturated heterocycles. The highest BCUT2D eigenvalue weighted by Gasteiger charge is 2.30. The highest BCUT2D eigenvalue weighted by molar-refractivity contribution is 5.92. The quantitative estimate of drug-likeness (QED) is 0.792. The summed E-state index contributed by atoms with van der Waals surface area (Å²) in [5.74, 6) is 0.337. The number of hydrogen-bond acceptors (Lipinski definition) is 4. The predicted octanol–water partition coefficient (Wildman–Crippen LogP) is 0.745. The Kier molecular flexibility index (Phi) is 5.42. The maximum absolute atomic E-state index is 12.8. The van der Waals surface area contributed by atoms with Crippen LogP contribution in [0.2, 0.25) is 0 Å². The van der Waals surface area contributed by atoms with Crippen LogP contribution in [0.5, 0.6) is 0 Å². The molecule has 0 radical (unpaired) electrons. The fourth-order valence-corrected chi connectivity index (χ4v) is 3.79. The van der Waals surface area contributed by atoms with Gasteiger partial charge in [-0.1, -0.05) is 0 Å². The maximum Gasteiger partial charge on any atom is 0.274 e. The van der Waals surface area contributed by atoms with E-state index in [2.05, 4.69) is 17.0 Å². The molecule has 1 aromatic rings. The van der Waals surface area contributed by atoms with Gasteiger partial charge in [0.15, 0.2) is 5.69 Å². The molecule has 0 saturated carbocycles. The van der Waals surface area contributed by atoms with Gasteiger partial charge in [-0.2, -0.15) is 5.10 Å². The molecule has 2 aliphatic heterocycles. The number of nitrogens with zero attached hydrogens (tertiary/aromatic N) is 5. The average molecular weight is 347 g/mol. The molecule has 1 aromatic heterocycles. The molecule has 0 spiro atoms. The summed E-state index contributed by atoms with van der Waals surface area (Å²) in [6.45, 7) is 6.50. The zero-order chi connectivity index (χ0) is 18.0. The number of hydrogen-bond donors (Lipinski definition) is 0. The molecule has 1 unspecified atom stereocenters. The fraction of sp³-hybridized carbons (Fsp3) is 0.722. The summed E-state index contributed by atoms with van der Waals surface area (Å²) in [6.07, 6.45) is 2.89. The lowest BCUT2D eigenvalue weighted by Gasteiger charge is -2.32. The smallest absolute Gasteiger partial charge is 0.274 e. The van der Waals surface area contributed by atoms with Gasteiger partial charge in [-0.3, -0.25) is 14.3 Å². The van der Waals surface area contributed by atoms with Gasteiger partial charge >= 0.3 is 0 Å². The first-order valence-corrected chi connectivity index (χ1v) is 9.23. The van der Waals surface area contributed by atoms with Crippen molar-refractivity contribution in [3.05, 3.63) is 17.5 Å². The Morgan fingerprint density at radius 2 is 1.76 bits per heavy atom. The maximum atomic E-state index is 12.8. The molecule has 0 bridgehead atoms. The summed E-state index contributed by atoms with van der Waals surface area (Å²) < 4.78 is 1.72. The molecule has 0 aliphatic carbocycles. The number of carbonyl (C=O) groups is 2. The van der Waals surface area contributed by atoms with Crippen LogP contribution in [0.3, 0.4) is 0 Å². The SMILES string of the molecule is Cc1cc(C(=O)N2CCCN(C(=O)C3CCCN(C)C3)CC2)nn1C. The van der Waals surface area contributed by atoms with Gasteiger partial charge in [-0.05, 0) is 45.8 Å². The lowest BCUT2D eigenvalue weighted by atomic mass is 9.97. The lowest BCUT2D eigenvalue weighted by molar-refractivity contribution is -0.137. The van der Waals surface area contributed by atoms with Gasteiger partial charge in [0.25, 0.3) is 5.91 Å². The average Bonchev–Trinajstić information content (AvgIpc) is 2.80. The molecule has 2 fully saturated rings. The van der Waals surface area contributed by atoms with Crippen LogP contribution < -0.4 is 0 Å². The van der Waals surface area contributed by atoms with Crippen molar-refractivity contribution in [3.63, 3.8) is 0 Å². The monoisotopic (exact) mass is 347 g/mol. The summed E-state index contributed by atoms with van der Waals surface area (Å²) in [5.41, 5.74) is 1.46. The summed E-state index contributed by atoms with van der Waals surface area (Å²) >= 11 is 0. The minimum absolute atomic E-state index is 0.0320. The van der Waals surface area contributed by atoms with E-state index >= 15 is 0 Å². The largest absolute Gasteiger partial charge is 0.341 e. The molecule has 2 amide bonds. The Bertz CT molecular complexity index is 622. The van der Waals surface area contributed by atoms with E-state index in [0.29, 0.717) is 25.3 Å². The van der Waals surface area contributed by atoms with Crippen LogP contribution in [-0.2, 0) is 11.8 Å². The number of rotatable bonds is 2. The van der Waals surface area contributed by atoms with E-state index in [-0.39, 0.29) is 17.7 Å². The van der Waals surface area contributed by atoms with Crippen molar-refractivity contribution in [3.8, 4) is 0 Å². The van der Waals surface area contributed by atoms with Crippen LogP contribution in [0.1, 0.15) is 35.4 Å². The van der Waals surface area contributed by atoms with Crippen molar-refractivity contribution < 1.29 is 9.59 Å². The second-order valence-electron chi connectivity index (χ2n) is 7.37. The van der Waals surface area contributed by atoms with Gasteiger partial charge in [0, 0.05) is 45.5 Å². The molecule has 3 heterocycles. The Morgan fingerprint density at radius 1 is 1.04 bits per heavy atom. The Morgan fingerprint density at radius 3 is 2.44 bits per heavy atom. The Hall–Kier alpha value is -1.89. The third-order valence-corrected chi connectivity index (χ3v) is 5.40.